The molecule has 5 aromatic rings. The number of benzene rings is 1. The van der Waals surface area contributed by atoms with Crippen molar-refractivity contribution in [3.63, 3.8) is 0 Å². The predicted molar refractivity (Wildman–Crippen MR) is 136 cm³/mol. The number of thiazole rings is 1. The number of hydrogen-bond donors (Lipinski definition) is 1. The Labute approximate surface area is 221 Å². The SMILES string of the molecule is COc1cc(OCc2nc(N3CCNCC3)sc2C(F)(F)F)c2cc(-c3cn4nc(OC)sc4n3)oc2c1. The Kier molecular flexibility index (Phi) is 6.28. The highest BCUT2D eigenvalue weighted by Crippen LogP contribution is 2.41. The van der Waals surface area contributed by atoms with Crippen LogP contribution < -0.4 is 24.4 Å². The number of nitrogens with zero attached hydrogens (tertiary/aromatic N) is 5. The van der Waals surface area contributed by atoms with Gasteiger partial charge in [-0.2, -0.15) is 13.2 Å². The van der Waals surface area contributed by atoms with Gasteiger partial charge in [-0.3, -0.25) is 0 Å². The number of imidazole rings is 1. The molecule has 5 heterocycles. The first-order chi connectivity index (χ1) is 18.3. The Hall–Kier alpha value is -3.56. The Morgan fingerprint density at radius 2 is 1.89 bits per heavy atom. The summed E-state index contributed by atoms with van der Waals surface area (Å²) in [5.41, 5.74) is 0.809. The van der Waals surface area contributed by atoms with Crippen molar-refractivity contribution in [2.45, 2.75) is 12.8 Å². The van der Waals surface area contributed by atoms with Gasteiger partial charge in [0, 0.05) is 38.3 Å². The van der Waals surface area contributed by atoms with Crippen LogP contribution in [0.25, 0.3) is 27.4 Å². The van der Waals surface area contributed by atoms with E-state index in [1.165, 1.54) is 25.6 Å². The molecule has 1 fully saturated rings. The normalized spacial score (nSPS) is 14.5. The number of rotatable bonds is 7. The average Bonchev–Trinajstić information content (AvgIpc) is 3.68. The smallest absolute Gasteiger partial charge is 0.427 e. The van der Waals surface area contributed by atoms with Crippen LogP contribution in [0.3, 0.4) is 0 Å². The third kappa shape index (κ3) is 4.61. The standard InChI is InChI=1S/C23H21F3N6O4S2/c1-33-12-7-16(35-11-15-19(23(24,25)26)37-20(29-15)31-5-3-27-4-6-31)13-9-18(36-17(13)8-12)14-10-32-21(28-14)38-22(30-32)34-2/h7-10,27H,3-6,11H2,1-2H3. The van der Waals surface area contributed by atoms with Crippen molar-refractivity contribution in [2.24, 2.45) is 0 Å². The number of hydrogen-bond acceptors (Lipinski definition) is 11. The second kappa shape index (κ2) is 9.63. The van der Waals surface area contributed by atoms with E-state index in [-0.39, 0.29) is 12.3 Å². The number of nitrogens with one attached hydrogen (secondary N) is 1. The molecule has 15 heteroatoms. The van der Waals surface area contributed by atoms with Gasteiger partial charge in [0.25, 0.3) is 5.19 Å². The van der Waals surface area contributed by atoms with E-state index >= 15 is 0 Å². The molecule has 1 aromatic carbocycles. The monoisotopic (exact) mass is 566 g/mol. The molecular formula is C23H21F3N6O4S2. The van der Waals surface area contributed by atoms with Gasteiger partial charge >= 0.3 is 6.18 Å². The highest BCUT2D eigenvalue weighted by atomic mass is 32.1. The first kappa shape index (κ1) is 24.8. The molecular weight excluding hydrogens is 545 g/mol. The van der Waals surface area contributed by atoms with Crippen molar-refractivity contribution in [1.82, 2.24) is 24.9 Å². The van der Waals surface area contributed by atoms with Crippen LogP contribution in [-0.4, -0.2) is 60.0 Å². The van der Waals surface area contributed by atoms with Crippen molar-refractivity contribution < 1.29 is 31.8 Å². The van der Waals surface area contributed by atoms with Gasteiger partial charge in [0.15, 0.2) is 10.9 Å². The van der Waals surface area contributed by atoms with Crippen LogP contribution in [0.4, 0.5) is 18.3 Å². The van der Waals surface area contributed by atoms with Crippen LogP contribution in [0.2, 0.25) is 0 Å². The Morgan fingerprint density at radius 3 is 2.61 bits per heavy atom. The number of alkyl halides is 3. The molecule has 0 unspecified atom stereocenters. The zero-order chi connectivity index (χ0) is 26.4. The maximum Gasteiger partial charge on any atom is 0.427 e. The van der Waals surface area contributed by atoms with Gasteiger partial charge in [0.05, 0.1) is 25.8 Å². The van der Waals surface area contributed by atoms with Gasteiger partial charge in [-0.05, 0) is 17.4 Å². The molecule has 1 N–H and O–H groups in total. The molecule has 38 heavy (non-hydrogen) atoms. The minimum absolute atomic E-state index is 0.162. The van der Waals surface area contributed by atoms with Crippen LogP contribution in [0.15, 0.2) is 28.8 Å². The molecule has 0 spiro atoms. The molecule has 4 aromatic heterocycles. The summed E-state index contributed by atoms with van der Waals surface area (Å²) in [5.74, 6) is 1.18. The molecule has 0 bridgehead atoms. The second-order valence-electron chi connectivity index (χ2n) is 8.37. The van der Waals surface area contributed by atoms with Crippen LogP contribution in [-0.2, 0) is 12.8 Å². The van der Waals surface area contributed by atoms with Crippen molar-refractivity contribution in [2.75, 3.05) is 45.3 Å². The van der Waals surface area contributed by atoms with Gasteiger partial charge in [-0.15, -0.1) is 5.10 Å². The fraction of sp³-hybridized carbons (Fsp3) is 0.348. The van der Waals surface area contributed by atoms with E-state index in [4.69, 9.17) is 18.6 Å². The van der Waals surface area contributed by atoms with Crippen LogP contribution in [0.1, 0.15) is 10.6 Å². The lowest BCUT2D eigenvalue weighted by molar-refractivity contribution is -0.135. The fourth-order valence-corrected chi connectivity index (χ4v) is 5.81. The first-order valence-corrected chi connectivity index (χ1v) is 13.1. The topological polar surface area (TPSA) is 99.2 Å². The van der Waals surface area contributed by atoms with E-state index in [0.29, 0.717) is 86.7 Å². The highest BCUT2D eigenvalue weighted by Gasteiger charge is 2.38. The van der Waals surface area contributed by atoms with E-state index in [2.05, 4.69) is 20.4 Å². The maximum absolute atomic E-state index is 13.9. The van der Waals surface area contributed by atoms with Crippen LogP contribution in [0, 0.1) is 0 Å². The van der Waals surface area contributed by atoms with Crippen LogP contribution >= 0.6 is 22.7 Å². The molecule has 0 saturated carbocycles. The number of anilines is 1. The molecule has 1 aliphatic heterocycles. The molecule has 1 aliphatic rings. The molecule has 0 atom stereocenters. The minimum Gasteiger partial charge on any atom is -0.496 e. The van der Waals surface area contributed by atoms with Crippen molar-refractivity contribution in [1.29, 1.82) is 0 Å². The largest absolute Gasteiger partial charge is 0.496 e. The average molecular weight is 567 g/mol. The molecule has 10 nitrogen and oxygen atoms in total. The highest BCUT2D eigenvalue weighted by molar-refractivity contribution is 7.18. The zero-order valence-electron chi connectivity index (χ0n) is 20.2. The number of furan rings is 1. The summed E-state index contributed by atoms with van der Waals surface area (Å²) < 4.78 is 65.6. The van der Waals surface area contributed by atoms with Gasteiger partial charge in [0.1, 0.15) is 40.0 Å². The van der Waals surface area contributed by atoms with E-state index in [1.54, 1.807) is 28.9 Å². The van der Waals surface area contributed by atoms with Gasteiger partial charge in [-0.1, -0.05) is 11.3 Å². The zero-order valence-corrected chi connectivity index (χ0v) is 21.8. The number of fused-ring (bicyclic) bond motifs is 2. The lowest BCUT2D eigenvalue weighted by Gasteiger charge is -2.26. The van der Waals surface area contributed by atoms with Gasteiger partial charge < -0.3 is 28.8 Å². The molecule has 0 radical (unpaired) electrons. The maximum atomic E-state index is 13.9. The van der Waals surface area contributed by atoms with Gasteiger partial charge in [-0.25, -0.2) is 14.5 Å². The van der Waals surface area contributed by atoms with Gasteiger partial charge in [0.2, 0.25) is 4.96 Å². The molecule has 0 aliphatic carbocycles. The number of ether oxygens (including phenoxy) is 3. The molecule has 6 rings (SSSR count). The van der Waals surface area contributed by atoms with E-state index in [9.17, 15) is 13.2 Å². The molecule has 1 saturated heterocycles. The first-order valence-electron chi connectivity index (χ1n) is 11.5. The summed E-state index contributed by atoms with van der Waals surface area (Å²) in [4.78, 5) is 10.5. The fourth-order valence-electron chi connectivity index (χ4n) is 4.13. The minimum atomic E-state index is -4.54. The molecule has 0 amide bonds. The lowest BCUT2D eigenvalue weighted by Crippen LogP contribution is -2.43. The summed E-state index contributed by atoms with van der Waals surface area (Å²) in [6, 6.07) is 5.01. The Bertz CT molecular complexity index is 1570. The number of piperazine rings is 1. The summed E-state index contributed by atoms with van der Waals surface area (Å²) in [5, 5.41) is 8.83. The number of halogens is 3. The summed E-state index contributed by atoms with van der Waals surface area (Å²) in [6.07, 6.45) is -2.84. The summed E-state index contributed by atoms with van der Waals surface area (Å²) >= 11 is 1.92. The second-order valence-corrected chi connectivity index (χ2v) is 10.3. The van der Waals surface area contributed by atoms with Crippen molar-refractivity contribution >= 4 is 43.7 Å². The third-order valence-corrected chi connectivity index (χ3v) is 8.04. The quantitative estimate of drug-likeness (QED) is 0.301. The number of methoxy groups -OCH3 is 2. The van der Waals surface area contributed by atoms with E-state index in [0.717, 1.165) is 0 Å². The Morgan fingerprint density at radius 1 is 1.08 bits per heavy atom. The number of aromatic nitrogens is 4. The van der Waals surface area contributed by atoms with E-state index < -0.39 is 11.1 Å². The third-order valence-electron chi connectivity index (χ3n) is 5.96. The summed E-state index contributed by atoms with van der Waals surface area (Å²) in [6.45, 7) is 2.19. The molecule has 200 valence electrons. The van der Waals surface area contributed by atoms with Crippen molar-refractivity contribution in [3.05, 3.63) is 35.0 Å². The Balaban J connectivity index is 1.32. The predicted octanol–water partition coefficient (Wildman–Crippen LogP) is 4.69. The van der Waals surface area contributed by atoms with Crippen LogP contribution in [0.5, 0.6) is 16.7 Å². The summed E-state index contributed by atoms with van der Waals surface area (Å²) in [7, 11) is 3.02. The van der Waals surface area contributed by atoms with Crippen molar-refractivity contribution in [3.8, 4) is 28.1 Å². The van der Waals surface area contributed by atoms with E-state index in [1.807, 2.05) is 4.90 Å². The lowest BCUT2D eigenvalue weighted by atomic mass is 10.2.